The minimum absolute atomic E-state index is 0.0244. The zero-order chi connectivity index (χ0) is 25.2. The highest BCUT2D eigenvalue weighted by Gasteiger charge is 2.25. The average molecular weight is 510 g/mol. The minimum atomic E-state index is -0.711. The van der Waals surface area contributed by atoms with Crippen LogP contribution < -0.4 is 16.3 Å². The van der Waals surface area contributed by atoms with Gasteiger partial charge in [-0.25, -0.2) is 14.9 Å². The van der Waals surface area contributed by atoms with E-state index in [-0.39, 0.29) is 34.1 Å². The number of anilines is 2. The Morgan fingerprint density at radius 2 is 2.00 bits per heavy atom. The number of nitrogens with zero attached hydrogens (tertiary/aromatic N) is 3. The Hall–Kier alpha value is -3.11. The van der Waals surface area contributed by atoms with Crippen LogP contribution in [0.5, 0.6) is 0 Å². The monoisotopic (exact) mass is 509 g/mol. The summed E-state index contributed by atoms with van der Waals surface area (Å²) in [5.74, 6) is -0.827. The van der Waals surface area contributed by atoms with E-state index in [0.29, 0.717) is 35.7 Å². The summed E-state index contributed by atoms with van der Waals surface area (Å²) in [6.07, 6.45) is 5.90. The first-order valence-electron chi connectivity index (χ1n) is 12.1. The van der Waals surface area contributed by atoms with Gasteiger partial charge < -0.3 is 14.8 Å². The van der Waals surface area contributed by atoms with Gasteiger partial charge in [0.25, 0.3) is 5.91 Å². The number of benzene rings is 2. The SMILES string of the molecule is [B]c1ccc(Nc2c(C(=O)NOCC3CC3)cc3c(ncn3CCC(=O)N3CCCC3)c2F)c(Cl)c1. The third kappa shape index (κ3) is 5.34. The third-order valence-corrected chi connectivity index (χ3v) is 6.87. The van der Waals surface area contributed by atoms with Crippen LogP contribution in [0.4, 0.5) is 15.8 Å². The largest absolute Gasteiger partial charge is 0.351 e. The van der Waals surface area contributed by atoms with Crippen molar-refractivity contribution in [1.29, 1.82) is 0 Å². The lowest BCUT2D eigenvalue weighted by Gasteiger charge is -2.17. The van der Waals surface area contributed by atoms with E-state index in [4.69, 9.17) is 24.3 Å². The van der Waals surface area contributed by atoms with E-state index in [1.54, 1.807) is 22.8 Å². The normalized spacial score (nSPS) is 15.4. The van der Waals surface area contributed by atoms with Crippen LogP contribution >= 0.6 is 11.6 Å². The number of carbonyl (C=O) groups excluding carboxylic acids is 2. The van der Waals surface area contributed by atoms with E-state index < -0.39 is 11.7 Å². The Kier molecular flexibility index (Phi) is 7.16. The molecule has 2 N–H and O–H groups in total. The Bertz CT molecular complexity index is 1310. The summed E-state index contributed by atoms with van der Waals surface area (Å²) in [5.41, 5.74) is 3.68. The molecular weight excluding hydrogens is 484 g/mol. The smallest absolute Gasteiger partial charge is 0.277 e. The summed E-state index contributed by atoms with van der Waals surface area (Å²) in [5, 5.41) is 3.20. The van der Waals surface area contributed by atoms with Crippen LogP contribution in [0.15, 0.2) is 30.6 Å². The lowest BCUT2D eigenvalue weighted by atomic mass is 9.96. The summed E-state index contributed by atoms with van der Waals surface area (Å²) in [7, 11) is 5.77. The molecule has 1 aliphatic heterocycles. The van der Waals surface area contributed by atoms with Crippen molar-refractivity contribution in [2.75, 3.05) is 25.0 Å². The lowest BCUT2D eigenvalue weighted by Crippen LogP contribution is -2.28. The molecule has 2 radical (unpaired) electrons. The molecule has 5 rings (SSSR count). The van der Waals surface area contributed by atoms with Crippen molar-refractivity contribution in [2.24, 2.45) is 5.92 Å². The molecule has 36 heavy (non-hydrogen) atoms. The Morgan fingerprint density at radius 1 is 1.22 bits per heavy atom. The molecule has 2 aromatic carbocycles. The molecule has 0 atom stereocenters. The fraction of sp³-hybridized carbons (Fsp3) is 0.400. The number of nitrogens with one attached hydrogen (secondary N) is 2. The standard InChI is InChI=1S/C25H26BClFN5O3/c26-16-5-6-19(18(27)11-16)30-23-17(25(35)31-36-13-15-3-4-15)12-20-24(22(23)28)29-14-33(20)10-7-21(34)32-8-1-2-9-32/h5-6,11-12,14-15,30H,1-4,7-10,13H2,(H,31,35). The number of hydroxylamine groups is 1. The van der Waals surface area contributed by atoms with Gasteiger partial charge in [-0.05, 0) is 49.8 Å². The summed E-state index contributed by atoms with van der Waals surface area (Å²) in [6.45, 7) is 2.26. The minimum Gasteiger partial charge on any atom is -0.351 e. The predicted molar refractivity (Wildman–Crippen MR) is 136 cm³/mol. The number of imidazole rings is 1. The van der Waals surface area contributed by atoms with Crippen LogP contribution in [0.3, 0.4) is 0 Å². The Balaban J connectivity index is 1.45. The Labute approximate surface area is 214 Å². The predicted octanol–water partition coefficient (Wildman–Crippen LogP) is 3.45. The second-order valence-corrected chi connectivity index (χ2v) is 9.71. The third-order valence-electron chi connectivity index (χ3n) is 6.56. The number of amides is 2. The second kappa shape index (κ2) is 10.5. The summed E-state index contributed by atoms with van der Waals surface area (Å²) >= 11 is 6.29. The fourth-order valence-corrected chi connectivity index (χ4v) is 4.55. The second-order valence-electron chi connectivity index (χ2n) is 9.31. The van der Waals surface area contributed by atoms with Crippen LogP contribution in [0.1, 0.15) is 42.5 Å². The zero-order valence-electron chi connectivity index (χ0n) is 19.7. The number of aromatic nitrogens is 2. The number of carbonyl (C=O) groups is 2. The summed E-state index contributed by atoms with van der Waals surface area (Å²) in [6, 6.07) is 6.31. The average Bonchev–Trinajstić information content (AvgIpc) is 3.34. The molecule has 186 valence electrons. The molecule has 1 saturated heterocycles. The van der Waals surface area contributed by atoms with Gasteiger partial charge in [-0.3, -0.25) is 14.4 Å². The quantitative estimate of drug-likeness (QED) is 0.341. The van der Waals surface area contributed by atoms with Gasteiger partial charge in [0.2, 0.25) is 5.91 Å². The summed E-state index contributed by atoms with van der Waals surface area (Å²) < 4.78 is 17.5. The van der Waals surface area contributed by atoms with Crippen LogP contribution in [0, 0.1) is 11.7 Å². The number of fused-ring (bicyclic) bond motifs is 1. The van der Waals surface area contributed by atoms with E-state index in [0.717, 1.165) is 38.8 Å². The van der Waals surface area contributed by atoms with E-state index in [1.165, 1.54) is 12.4 Å². The highest BCUT2D eigenvalue weighted by molar-refractivity contribution is 6.37. The van der Waals surface area contributed by atoms with E-state index in [2.05, 4.69) is 15.8 Å². The van der Waals surface area contributed by atoms with Gasteiger partial charge >= 0.3 is 0 Å². The number of hydrogen-bond donors (Lipinski definition) is 2. The fourth-order valence-electron chi connectivity index (χ4n) is 4.31. The molecule has 11 heteroatoms. The molecule has 2 fully saturated rings. The van der Waals surface area contributed by atoms with Gasteiger partial charge in [0.15, 0.2) is 5.82 Å². The van der Waals surface area contributed by atoms with E-state index >= 15 is 4.39 Å². The highest BCUT2D eigenvalue weighted by Crippen LogP contribution is 2.33. The maximum Gasteiger partial charge on any atom is 0.277 e. The first-order valence-corrected chi connectivity index (χ1v) is 12.5. The van der Waals surface area contributed by atoms with Gasteiger partial charge in [0.05, 0.1) is 40.4 Å². The van der Waals surface area contributed by atoms with Crippen molar-refractivity contribution in [3.05, 3.63) is 47.0 Å². The molecule has 1 saturated carbocycles. The molecule has 2 amide bonds. The maximum atomic E-state index is 15.8. The topological polar surface area (TPSA) is 88.5 Å². The maximum absolute atomic E-state index is 15.8. The van der Waals surface area contributed by atoms with Crippen molar-refractivity contribution < 1.29 is 18.8 Å². The van der Waals surface area contributed by atoms with E-state index in [1.807, 2.05) is 4.90 Å². The first kappa shape index (κ1) is 24.6. The van der Waals surface area contributed by atoms with Crippen LogP contribution in [0.2, 0.25) is 5.02 Å². The number of aryl methyl sites for hydroxylation is 1. The van der Waals surface area contributed by atoms with Crippen LogP contribution in [-0.2, 0) is 16.2 Å². The molecule has 2 aliphatic rings. The van der Waals surface area contributed by atoms with Crippen LogP contribution in [-0.4, -0.2) is 53.8 Å². The van der Waals surface area contributed by atoms with Crippen molar-refractivity contribution in [3.63, 3.8) is 0 Å². The number of rotatable bonds is 9. The molecule has 0 bridgehead atoms. The molecular formula is C25H26BClFN5O3. The van der Waals surface area contributed by atoms with Crippen molar-refractivity contribution >= 4 is 59.1 Å². The molecule has 0 spiro atoms. The molecule has 1 aromatic heterocycles. The zero-order valence-corrected chi connectivity index (χ0v) is 20.5. The van der Waals surface area contributed by atoms with E-state index in [9.17, 15) is 9.59 Å². The number of likely N-dealkylation sites (tertiary alicyclic amines) is 1. The van der Waals surface area contributed by atoms with Gasteiger partial charge in [-0.15, -0.1) is 0 Å². The molecule has 2 heterocycles. The van der Waals surface area contributed by atoms with Gasteiger partial charge in [-0.1, -0.05) is 23.1 Å². The first-order chi connectivity index (χ1) is 17.4. The molecule has 8 nitrogen and oxygen atoms in total. The lowest BCUT2D eigenvalue weighted by molar-refractivity contribution is -0.130. The van der Waals surface area contributed by atoms with Crippen molar-refractivity contribution in [2.45, 2.75) is 38.6 Å². The van der Waals surface area contributed by atoms with Gasteiger partial charge in [0, 0.05) is 26.1 Å². The Morgan fingerprint density at radius 3 is 2.72 bits per heavy atom. The highest BCUT2D eigenvalue weighted by atomic mass is 35.5. The van der Waals surface area contributed by atoms with Crippen molar-refractivity contribution in [3.8, 4) is 0 Å². The number of hydrogen-bond acceptors (Lipinski definition) is 5. The molecule has 3 aromatic rings. The van der Waals surface area contributed by atoms with Gasteiger partial charge in [0.1, 0.15) is 13.4 Å². The van der Waals surface area contributed by atoms with Gasteiger partial charge in [-0.2, -0.15) is 0 Å². The number of halogens is 2. The molecule has 1 aliphatic carbocycles. The van der Waals surface area contributed by atoms with Crippen LogP contribution in [0.25, 0.3) is 11.0 Å². The van der Waals surface area contributed by atoms with Crippen molar-refractivity contribution in [1.82, 2.24) is 19.9 Å². The summed E-state index contributed by atoms with van der Waals surface area (Å²) in [4.78, 5) is 37.0. The molecule has 0 unspecified atom stereocenters.